The maximum atomic E-state index is 12.6. The maximum Gasteiger partial charge on any atom is 0.328 e. The molecule has 1 aliphatic rings. The zero-order chi connectivity index (χ0) is 19.7. The molecular weight excluding hydrogens is 377 g/mol. The van der Waals surface area contributed by atoms with E-state index in [1.165, 1.54) is 7.11 Å². The molecule has 0 saturated heterocycles. The van der Waals surface area contributed by atoms with Crippen LogP contribution in [-0.4, -0.2) is 35.0 Å². The molecule has 1 N–H and O–H groups in total. The molecular formula is C19H25Cl2NO4. The van der Waals surface area contributed by atoms with Gasteiger partial charge < -0.3 is 14.8 Å². The monoisotopic (exact) mass is 401 g/mol. The van der Waals surface area contributed by atoms with Gasteiger partial charge in [0.15, 0.2) is 5.60 Å². The van der Waals surface area contributed by atoms with Gasteiger partial charge in [-0.25, -0.2) is 4.79 Å². The van der Waals surface area contributed by atoms with Gasteiger partial charge in [-0.3, -0.25) is 4.79 Å². The van der Waals surface area contributed by atoms with Crippen molar-refractivity contribution in [2.24, 2.45) is 5.92 Å². The van der Waals surface area contributed by atoms with E-state index in [-0.39, 0.29) is 11.8 Å². The van der Waals surface area contributed by atoms with Crippen LogP contribution in [0.5, 0.6) is 5.75 Å². The molecule has 0 spiro atoms. The normalized spacial score (nSPS) is 19.6. The first-order valence-corrected chi connectivity index (χ1v) is 9.29. The second kappa shape index (κ2) is 7.65. The average Bonchev–Trinajstić information content (AvgIpc) is 3.20. The predicted molar refractivity (Wildman–Crippen MR) is 102 cm³/mol. The molecule has 7 heteroatoms. The molecule has 1 aromatic carbocycles. The third-order valence-electron chi connectivity index (χ3n) is 4.44. The van der Waals surface area contributed by atoms with E-state index >= 15 is 0 Å². The molecule has 0 bridgehead atoms. The lowest BCUT2D eigenvalue weighted by Crippen LogP contribution is -2.54. The summed E-state index contributed by atoms with van der Waals surface area (Å²) in [5.74, 6) is -0.310. The number of hydrogen-bond acceptors (Lipinski definition) is 4. The Morgan fingerprint density at radius 2 is 1.77 bits per heavy atom. The van der Waals surface area contributed by atoms with Crippen LogP contribution < -0.4 is 10.1 Å². The highest BCUT2D eigenvalue weighted by Crippen LogP contribution is 2.59. The summed E-state index contributed by atoms with van der Waals surface area (Å²) in [5, 5.41) is 2.70. The van der Waals surface area contributed by atoms with Crippen molar-refractivity contribution in [3.63, 3.8) is 0 Å². The fraction of sp³-hybridized carbons (Fsp3) is 0.579. The molecule has 0 unspecified atom stereocenters. The molecule has 1 saturated carbocycles. The zero-order valence-electron chi connectivity index (χ0n) is 15.6. The van der Waals surface area contributed by atoms with E-state index in [9.17, 15) is 9.59 Å². The van der Waals surface area contributed by atoms with E-state index in [1.807, 2.05) is 26.0 Å². The number of halogens is 2. The molecule has 0 aromatic heterocycles. The average molecular weight is 402 g/mol. The van der Waals surface area contributed by atoms with Gasteiger partial charge in [0.25, 0.3) is 5.91 Å². The molecule has 0 aliphatic heterocycles. The first-order chi connectivity index (χ1) is 12.0. The molecule has 1 amide bonds. The standard InChI is InChI=1S/C19H25Cl2NO4/c1-11(2)15(16(23)25-5)22-17(24)18(3,4)26-13-8-6-12(7-9-13)14-10-19(14,20)21/h6-9,11,14-15H,10H2,1-5H3,(H,22,24)/t14-,15-/m0/s1. The molecule has 2 atom stereocenters. The van der Waals surface area contributed by atoms with Crippen molar-refractivity contribution >= 4 is 35.1 Å². The van der Waals surface area contributed by atoms with Crippen LogP contribution in [-0.2, 0) is 14.3 Å². The molecule has 1 fully saturated rings. The lowest BCUT2D eigenvalue weighted by molar-refractivity contribution is -0.148. The van der Waals surface area contributed by atoms with Crippen molar-refractivity contribution in [1.29, 1.82) is 0 Å². The topological polar surface area (TPSA) is 64.6 Å². The third-order valence-corrected chi connectivity index (χ3v) is 5.27. The van der Waals surface area contributed by atoms with E-state index in [0.29, 0.717) is 5.75 Å². The SMILES string of the molecule is COC(=O)[C@@H](NC(=O)C(C)(C)Oc1ccc([C@@H]2CC2(Cl)Cl)cc1)C(C)C. The number of nitrogens with one attached hydrogen (secondary N) is 1. The van der Waals surface area contributed by atoms with Gasteiger partial charge in [-0.15, -0.1) is 23.2 Å². The highest BCUT2D eigenvalue weighted by molar-refractivity contribution is 6.51. The van der Waals surface area contributed by atoms with Crippen molar-refractivity contribution in [3.05, 3.63) is 29.8 Å². The fourth-order valence-electron chi connectivity index (χ4n) is 2.62. The minimum atomic E-state index is -1.16. The van der Waals surface area contributed by atoms with E-state index in [4.69, 9.17) is 32.7 Å². The van der Waals surface area contributed by atoms with Crippen LogP contribution in [0.4, 0.5) is 0 Å². The lowest BCUT2D eigenvalue weighted by Gasteiger charge is -2.28. The minimum Gasteiger partial charge on any atom is -0.478 e. The second-order valence-corrected chi connectivity index (χ2v) is 8.96. The van der Waals surface area contributed by atoms with Gasteiger partial charge in [0.05, 0.1) is 7.11 Å². The summed E-state index contributed by atoms with van der Waals surface area (Å²) in [6, 6.07) is 6.63. The Morgan fingerprint density at radius 1 is 1.23 bits per heavy atom. The fourth-order valence-corrected chi connectivity index (χ4v) is 3.18. The van der Waals surface area contributed by atoms with Crippen LogP contribution in [0.3, 0.4) is 0 Å². The Hall–Kier alpha value is -1.46. The van der Waals surface area contributed by atoms with Gasteiger partial charge >= 0.3 is 5.97 Å². The maximum absolute atomic E-state index is 12.6. The molecule has 5 nitrogen and oxygen atoms in total. The summed E-state index contributed by atoms with van der Waals surface area (Å²) in [6.45, 7) is 6.96. The molecule has 2 rings (SSSR count). The summed E-state index contributed by atoms with van der Waals surface area (Å²) in [5.41, 5.74) is -0.125. The van der Waals surface area contributed by atoms with Crippen LogP contribution in [0, 0.1) is 5.92 Å². The van der Waals surface area contributed by atoms with Crippen LogP contribution in [0.15, 0.2) is 24.3 Å². The zero-order valence-corrected chi connectivity index (χ0v) is 17.1. The Balaban J connectivity index is 2.02. The Kier molecular flexibility index (Phi) is 6.13. The van der Waals surface area contributed by atoms with Crippen molar-refractivity contribution in [2.75, 3.05) is 7.11 Å². The van der Waals surface area contributed by atoms with Gasteiger partial charge in [-0.2, -0.15) is 0 Å². The summed E-state index contributed by atoms with van der Waals surface area (Å²) in [4.78, 5) is 24.4. The number of amides is 1. The van der Waals surface area contributed by atoms with Crippen molar-refractivity contribution in [3.8, 4) is 5.75 Å². The first kappa shape index (κ1) is 20.8. The lowest BCUT2D eigenvalue weighted by atomic mass is 10.0. The quantitative estimate of drug-likeness (QED) is 0.556. The Morgan fingerprint density at radius 3 is 2.19 bits per heavy atom. The molecule has 26 heavy (non-hydrogen) atoms. The molecule has 1 aliphatic carbocycles. The van der Waals surface area contributed by atoms with Crippen LogP contribution in [0.1, 0.15) is 45.6 Å². The number of carbonyl (C=O) groups is 2. The molecule has 1 aromatic rings. The number of rotatable bonds is 7. The largest absolute Gasteiger partial charge is 0.478 e. The number of methoxy groups -OCH3 is 1. The summed E-state index contributed by atoms with van der Waals surface area (Å²) >= 11 is 12.2. The van der Waals surface area contributed by atoms with E-state index < -0.39 is 27.9 Å². The molecule has 144 valence electrons. The number of benzene rings is 1. The first-order valence-electron chi connectivity index (χ1n) is 8.53. The highest BCUT2D eigenvalue weighted by atomic mass is 35.5. The van der Waals surface area contributed by atoms with Crippen LogP contribution >= 0.6 is 23.2 Å². The van der Waals surface area contributed by atoms with Crippen molar-refractivity contribution in [2.45, 2.75) is 56.0 Å². The second-order valence-electron chi connectivity index (χ2n) is 7.42. The number of alkyl halides is 2. The number of hydrogen-bond donors (Lipinski definition) is 1. The van der Waals surface area contributed by atoms with E-state index in [1.54, 1.807) is 26.0 Å². The highest BCUT2D eigenvalue weighted by Gasteiger charge is 2.52. The summed E-state index contributed by atoms with van der Waals surface area (Å²) < 4.78 is 9.90. The Bertz CT molecular complexity index is 671. The molecule has 0 radical (unpaired) electrons. The number of ether oxygens (including phenoxy) is 2. The number of esters is 1. The minimum absolute atomic E-state index is 0.105. The summed E-state index contributed by atoms with van der Waals surface area (Å²) in [6.07, 6.45) is 0.730. The summed E-state index contributed by atoms with van der Waals surface area (Å²) in [7, 11) is 1.29. The van der Waals surface area contributed by atoms with Gasteiger partial charge in [0.1, 0.15) is 16.1 Å². The van der Waals surface area contributed by atoms with Crippen molar-refractivity contribution in [1.82, 2.24) is 5.32 Å². The van der Waals surface area contributed by atoms with E-state index in [0.717, 1.165) is 12.0 Å². The molecule has 0 heterocycles. The smallest absolute Gasteiger partial charge is 0.328 e. The van der Waals surface area contributed by atoms with Crippen LogP contribution in [0.2, 0.25) is 0 Å². The predicted octanol–water partition coefficient (Wildman–Crippen LogP) is 3.82. The van der Waals surface area contributed by atoms with Gasteiger partial charge in [-0.1, -0.05) is 26.0 Å². The number of carbonyl (C=O) groups excluding carboxylic acids is 2. The van der Waals surface area contributed by atoms with Gasteiger partial charge in [0.2, 0.25) is 0 Å². The van der Waals surface area contributed by atoms with Gasteiger partial charge in [0, 0.05) is 5.92 Å². The van der Waals surface area contributed by atoms with E-state index in [2.05, 4.69) is 5.32 Å². The van der Waals surface area contributed by atoms with Gasteiger partial charge in [-0.05, 0) is 43.9 Å². The third kappa shape index (κ3) is 4.83. The Labute approximate surface area is 164 Å². The van der Waals surface area contributed by atoms with Crippen molar-refractivity contribution < 1.29 is 19.1 Å². The van der Waals surface area contributed by atoms with Crippen LogP contribution in [0.25, 0.3) is 0 Å².